The normalized spacial score (nSPS) is 10.9. The van der Waals surface area contributed by atoms with Gasteiger partial charge in [0.05, 0.1) is 0 Å². The Balaban J connectivity index is 2.53. The van der Waals surface area contributed by atoms with Gasteiger partial charge in [0, 0.05) is 17.5 Å². The highest BCUT2D eigenvalue weighted by molar-refractivity contribution is 6.30. The topological polar surface area (TPSA) is 38.7 Å². The minimum atomic E-state index is 0.320. The standard InChI is InChI=1S/C13H14ClN3/c1-8(2)11-9(3)16-13(17-12(11)14)10-6-4-5-7-15-10/h4-8H,1-3H3. The lowest BCUT2D eigenvalue weighted by Crippen LogP contribution is -2.02. The van der Waals surface area contributed by atoms with Gasteiger partial charge in [0.15, 0.2) is 5.82 Å². The third-order valence-electron chi connectivity index (χ3n) is 2.56. The summed E-state index contributed by atoms with van der Waals surface area (Å²) < 4.78 is 0. The van der Waals surface area contributed by atoms with Crippen molar-refractivity contribution in [2.24, 2.45) is 0 Å². The summed E-state index contributed by atoms with van der Waals surface area (Å²) in [4.78, 5) is 13.0. The zero-order valence-electron chi connectivity index (χ0n) is 10.1. The predicted octanol–water partition coefficient (Wildman–Crippen LogP) is 3.62. The summed E-state index contributed by atoms with van der Waals surface area (Å²) in [6.07, 6.45) is 1.72. The molecule has 2 aromatic heterocycles. The third-order valence-corrected chi connectivity index (χ3v) is 2.85. The van der Waals surface area contributed by atoms with Crippen LogP contribution in [-0.2, 0) is 0 Å². The lowest BCUT2D eigenvalue weighted by Gasteiger charge is -2.11. The first-order valence-electron chi connectivity index (χ1n) is 5.55. The largest absolute Gasteiger partial charge is 0.253 e. The summed E-state index contributed by atoms with van der Waals surface area (Å²) in [5, 5.41) is 0.521. The molecule has 88 valence electrons. The van der Waals surface area contributed by atoms with Crippen LogP contribution in [0.1, 0.15) is 31.0 Å². The first kappa shape index (κ1) is 12.0. The highest BCUT2D eigenvalue weighted by Gasteiger charge is 2.14. The summed E-state index contributed by atoms with van der Waals surface area (Å²) in [6, 6.07) is 5.64. The number of rotatable bonds is 2. The average molecular weight is 248 g/mol. The van der Waals surface area contributed by atoms with E-state index in [-0.39, 0.29) is 0 Å². The molecule has 0 aliphatic rings. The molecule has 17 heavy (non-hydrogen) atoms. The second-order valence-corrected chi connectivity index (χ2v) is 4.56. The maximum absolute atomic E-state index is 6.20. The van der Waals surface area contributed by atoms with Gasteiger partial charge in [-0.2, -0.15) is 0 Å². The Kier molecular flexibility index (Phi) is 3.38. The van der Waals surface area contributed by atoms with E-state index in [4.69, 9.17) is 11.6 Å². The van der Waals surface area contributed by atoms with E-state index < -0.39 is 0 Å². The van der Waals surface area contributed by atoms with Crippen LogP contribution in [0, 0.1) is 6.92 Å². The molecule has 0 atom stereocenters. The molecule has 0 spiro atoms. The SMILES string of the molecule is Cc1nc(-c2ccccn2)nc(Cl)c1C(C)C. The highest BCUT2D eigenvalue weighted by atomic mass is 35.5. The smallest absolute Gasteiger partial charge is 0.179 e. The Labute approximate surface area is 106 Å². The van der Waals surface area contributed by atoms with Gasteiger partial charge in [-0.1, -0.05) is 31.5 Å². The van der Waals surface area contributed by atoms with Crippen molar-refractivity contribution < 1.29 is 0 Å². The fourth-order valence-corrected chi connectivity index (χ4v) is 2.25. The molecular weight excluding hydrogens is 234 g/mol. The molecule has 2 rings (SSSR count). The van der Waals surface area contributed by atoms with E-state index in [0.717, 1.165) is 17.0 Å². The van der Waals surface area contributed by atoms with Crippen LogP contribution in [0.15, 0.2) is 24.4 Å². The quantitative estimate of drug-likeness (QED) is 0.761. The number of halogens is 1. The molecule has 0 radical (unpaired) electrons. The van der Waals surface area contributed by atoms with Crippen LogP contribution in [0.5, 0.6) is 0 Å². The lowest BCUT2D eigenvalue weighted by molar-refractivity contribution is 0.830. The van der Waals surface area contributed by atoms with E-state index in [1.165, 1.54) is 0 Å². The van der Waals surface area contributed by atoms with Crippen molar-refractivity contribution in [2.75, 3.05) is 0 Å². The molecule has 0 aliphatic heterocycles. The van der Waals surface area contributed by atoms with Crippen LogP contribution < -0.4 is 0 Å². The molecule has 3 nitrogen and oxygen atoms in total. The molecule has 0 aromatic carbocycles. The average Bonchev–Trinajstić information content (AvgIpc) is 2.28. The van der Waals surface area contributed by atoms with Crippen molar-refractivity contribution in [3.05, 3.63) is 40.8 Å². The maximum atomic E-state index is 6.20. The molecule has 0 bridgehead atoms. The van der Waals surface area contributed by atoms with E-state index >= 15 is 0 Å². The molecule has 0 aliphatic carbocycles. The molecule has 0 unspecified atom stereocenters. The lowest BCUT2D eigenvalue weighted by atomic mass is 10.0. The van der Waals surface area contributed by atoms with Gasteiger partial charge in [-0.05, 0) is 25.0 Å². The van der Waals surface area contributed by atoms with E-state index in [0.29, 0.717) is 16.9 Å². The van der Waals surface area contributed by atoms with Gasteiger partial charge >= 0.3 is 0 Å². The molecule has 0 saturated heterocycles. The molecule has 2 aromatic rings. The van der Waals surface area contributed by atoms with Crippen LogP contribution >= 0.6 is 11.6 Å². The van der Waals surface area contributed by atoms with Gasteiger partial charge in [0.1, 0.15) is 10.8 Å². The number of pyridine rings is 1. The van der Waals surface area contributed by atoms with Crippen molar-refractivity contribution in [3.63, 3.8) is 0 Å². The van der Waals surface area contributed by atoms with Crippen molar-refractivity contribution in [1.82, 2.24) is 15.0 Å². The Morgan fingerprint density at radius 1 is 1.18 bits per heavy atom. The minimum absolute atomic E-state index is 0.320. The molecule has 0 N–H and O–H groups in total. The van der Waals surface area contributed by atoms with Crippen LogP contribution in [0.2, 0.25) is 5.15 Å². The Morgan fingerprint density at radius 2 is 1.94 bits per heavy atom. The van der Waals surface area contributed by atoms with Crippen LogP contribution in [0.4, 0.5) is 0 Å². The van der Waals surface area contributed by atoms with E-state index in [2.05, 4.69) is 28.8 Å². The fourth-order valence-electron chi connectivity index (χ4n) is 1.81. The van der Waals surface area contributed by atoms with E-state index in [1.54, 1.807) is 6.20 Å². The van der Waals surface area contributed by atoms with Crippen LogP contribution in [0.3, 0.4) is 0 Å². The molecule has 0 amide bonds. The van der Waals surface area contributed by atoms with E-state index in [9.17, 15) is 0 Å². The Hall–Kier alpha value is -1.48. The van der Waals surface area contributed by atoms with Crippen molar-refractivity contribution >= 4 is 11.6 Å². The van der Waals surface area contributed by atoms with Gasteiger partial charge in [-0.3, -0.25) is 4.98 Å². The molecule has 4 heteroatoms. The second kappa shape index (κ2) is 4.80. The summed E-state index contributed by atoms with van der Waals surface area (Å²) in [7, 11) is 0. The highest BCUT2D eigenvalue weighted by Crippen LogP contribution is 2.26. The zero-order valence-corrected chi connectivity index (χ0v) is 10.9. The zero-order chi connectivity index (χ0) is 12.4. The van der Waals surface area contributed by atoms with Crippen LogP contribution in [-0.4, -0.2) is 15.0 Å². The number of aromatic nitrogens is 3. The molecular formula is C13H14ClN3. The van der Waals surface area contributed by atoms with Gasteiger partial charge in [-0.25, -0.2) is 9.97 Å². The van der Waals surface area contributed by atoms with Crippen LogP contribution in [0.25, 0.3) is 11.5 Å². The summed E-state index contributed by atoms with van der Waals surface area (Å²) in [6.45, 7) is 6.12. The van der Waals surface area contributed by atoms with Gasteiger partial charge < -0.3 is 0 Å². The monoisotopic (exact) mass is 247 g/mol. The number of hydrogen-bond donors (Lipinski definition) is 0. The van der Waals surface area contributed by atoms with Crippen molar-refractivity contribution in [3.8, 4) is 11.5 Å². The second-order valence-electron chi connectivity index (χ2n) is 4.21. The van der Waals surface area contributed by atoms with Gasteiger partial charge in [0.25, 0.3) is 0 Å². The third kappa shape index (κ3) is 2.44. The summed E-state index contributed by atoms with van der Waals surface area (Å²) in [5.41, 5.74) is 2.67. The first-order valence-corrected chi connectivity index (χ1v) is 5.93. The number of hydrogen-bond acceptors (Lipinski definition) is 3. The minimum Gasteiger partial charge on any atom is -0.253 e. The summed E-state index contributed by atoms with van der Waals surface area (Å²) >= 11 is 6.20. The number of aryl methyl sites for hydroxylation is 1. The van der Waals surface area contributed by atoms with Gasteiger partial charge in [0.2, 0.25) is 0 Å². The van der Waals surface area contributed by atoms with Gasteiger partial charge in [-0.15, -0.1) is 0 Å². The summed E-state index contributed by atoms with van der Waals surface area (Å²) in [5.74, 6) is 0.901. The molecule has 0 saturated carbocycles. The maximum Gasteiger partial charge on any atom is 0.179 e. The number of nitrogens with zero attached hydrogens (tertiary/aromatic N) is 3. The first-order chi connectivity index (χ1) is 8.09. The predicted molar refractivity (Wildman–Crippen MR) is 69.1 cm³/mol. The Morgan fingerprint density at radius 3 is 2.47 bits per heavy atom. The van der Waals surface area contributed by atoms with Crippen molar-refractivity contribution in [2.45, 2.75) is 26.7 Å². The van der Waals surface area contributed by atoms with E-state index in [1.807, 2.05) is 25.1 Å². The molecule has 0 fully saturated rings. The molecule has 2 heterocycles. The Bertz CT molecular complexity index is 500. The fraction of sp³-hybridized carbons (Fsp3) is 0.308. The van der Waals surface area contributed by atoms with Crippen molar-refractivity contribution in [1.29, 1.82) is 0 Å².